The summed E-state index contributed by atoms with van der Waals surface area (Å²) < 4.78 is 39.6. The Morgan fingerprint density at radius 1 is 1.17 bits per heavy atom. The predicted octanol–water partition coefficient (Wildman–Crippen LogP) is 1.53. The highest BCUT2D eigenvalue weighted by Crippen LogP contribution is 2.27. The van der Waals surface area contributed by atoms with Gasteiger partial charge in [0.2, 0.25) is 10.0 Å². The largest absolute Gasteiger partial charge is 0.493 e. The fourth-order valence-electron chi connectivity index (χ4n) is 2.38. The summed E-state index contributed by atoms with van der Waals surface area (Å²) in [5, 5.41) is 4.14. The first-order valence-corrected chi connectivity index (χ1v) is 8.49. The standard InChI is InChI=1S/C15H21N3O4S/c1-10-15(11(2)18(3)17-10)23(19,20)16-9-12-6-7-13(21-4)14(8-12)22-5/h6-8,16H,9H2,1-5H3. The van der Waals surface area contributed by atoms with Gasteiger partial charge in [0.1, 0.15) is 4.90 Å². The summed E-state index contributed by atoms with van der Waals surface area (Å²) in [6.45, 7) is 3.55. The smallest absolute Gasteiger partial charge is 0.244 e. The Morgan fingerprint density at radius 3 is 2.35 bits per heavy atom. The summed E-state index contributed by atoms with van der Waals surface area (Å²) in [6, 6.07) is 5.26. The lowest BCUT2D eigenvalue weighted by atomic mass is 10.2. The number of benzene rings is 1. The van der Waals surface area contributed by atoms with E-state index in [1.165, 1.54) is 7.11 Å². The summed E-state index contributed by atoms with van der Waals surface area (Å²) >= 11 is 0. The van der Waals surface area contributed by atoms with Gasteiger partial charge in [-0.25, -0.2) is 13.1 Å². The molecule has 0 aliphatic carbocycles. The first-order chi connectivity index (χ1) is 10.8. The third kappa shape index (κ3) is 3.48. The van der Waals surface area contributed by atoms with Crippen molar-refractivity contribution in [3.63, 3.8) is 0 Å². The molecule has 0 radical (unpaired) electrons. The highest BCUT2D eigenvalue weighted by atomic mass is 32.2. The molecule has 1 aromatic carbocycles. The van der Waals surface area contributed by atoms with Crippen LogP contribution in [-0.4, -0.2) is 32.4 Å². The van der Waals surface area contributed by atoms with Gasteiger partial charge in [-0.15, -0.1) is 0 Å². The topological polar surface area (TPSA) is 82.5 Å². The zero-order valence-corrected chi connectivity index (χ0v) is 14.7. The normalized spacial score (nSPS) is 11.5. The number of nitrogens with zero attached hydrogens (tertiary/aromatic N) is 2. The lowest BCUT2D eigenvalue weighted by Crippen LogP contribution is -2.24. The van der Waals surface area contributed by atoms with Crippen LogP contribution in [0.5, 0.6) is 11.5 Å². The second kappa shape index (κ2) is 6.59. The van der Waals surface area contributed by atoms with Gasteiger partial charge >= 0.3 is 0 Å². The van der Waals surface area contributed by atoms with E-state index in [9.17, 15) is 8.42 Å². The maximum absolute atomic E-state index is 12.5. The highest BCUT2D eigenvalue weighted by molar-refractivity contribution is 7.89. The van der Waals surface area contributed by atoms with Gasteiger partial charge in [0.25, 0.3) is 0 Å². The number of aryl methyl sites for hydroxylation is 2. The van der Waals surface area contributed by atoms with Crippen molar-refractivity contribution >= 4 is 10.0 Å². The molecule has 0 aliphatic heterocycles. The Bertz CT molecular complexity index is 812. The van der Waals surface area contributed by atoms with Crippen molar-refractivity contribution in [2.75, 3.05) is 14.2 Å². The molecule has 1 aromatic heterocycles. The van der Waals surface area contributed by atoms with Crippen molar-refractivity contribution in [3.05, 3.63) is 35.2 Å². The molecule has 0 saturated heterocycles. The van der Waals surface area contributed by atoms with Crippen LogP contribution in [0.25, 0.3) is 0 Å². The Kier molecular flexibility index (Phi) is 4.96. The van der Waals surface area contributed by atoms with Gasteiger partial charge in [-0.1, -0.05) is 6.07 Å². The van der Waals surface area contributed by atoms with E-state index in [2.05, 4.69) is 9.82 Å². The molecule has 0 atom stereocenters. The lowest BCUT2D eigenvalue weighted by molar-refractivity contribution is 0.354. The van der Waals surface area contributed by atoms with Gasteiger partial charge in [0.05, 0.1) is 25.6 Å². The van der Waals surface area contributed by atoms with Crippen molar-refractivity contribution in [1.29, 1.82) is 0 Å². The molecular formula is C15H21N3O4S. The minimum absolute atomic E-state index is 0.149. The zero-order valence-electron chi connectivity index (χ0n) is 13.9. The quantitative estimate of drug-likeness (QED) is 0.863. The molecule has 7 nitrogen and oxygen atoms in total. The van der Waals surface area contributed by atoms with Gasteiger partial charge in [-0.05, 0) is 31.5 Å². The van der Waals surface area contributed by atoms with Crippen LogP contribution in [0.3, 0.4) is 0 Å². The average molecular weight is 339 g/mol. The molecule has 2 aromatic rings. The van der Waals surface area contributed by atoms with Crippen molar-refractivity contribution < 1.29 is 17.9 Å². The number of hydrogen-bond donors (Lipinski definition) is 1. The maximum Gasteiger partial charge on any atom is 0.244 e. The van der Waals surface area contributed by atoms with Gasteiger partial charge in [-0.3, -0.25) is 4.68 Å². The molecule has 1 N–H and O–H groups in total. The van der Waals surface area contributed by atoms with Crippen molar-refractivity contribution in [2.45, 2.75) is 25.3 Å². The Balaban J connectivity index is 2.23. The monoisotopic (exact) mass is 339 g/mol. The zero-order chi connectivity index (χ0) is 17.2. The van der Waals surface area contributed by atoms with Crippen LogP contribution in [0.15, 0.2) is 23.1 Å². The van der Waals surface area contributed by atoms with E-state index >= 15 is 0 Å². The molecule has 0 saturated carbocycles. The summed E-state index contributed by atoms with van der Waals surface area (Å²) in [6.07, 6.45) is 0. The summed E-state index contributed by atoms with van der Waals surface area (Å²) in [4.78, 5) is 0.223. The lowest BCUT2D eigenvalue weighted by Gasteiger charge is -2.11. The molecule has 0 aliphatic rings. The van der Waals surface area contributed by atoms with Crippen LogP contribution in [0.4, 0.5) is 0 Å². The molecule has 0 bridgehead atoms. The number of ether oxygens (including phenoxy) is 2. The number of nitrogens with one attached hydrogen (secondary N) is 1. The fraction of sp³-hybridized carbons (Fsp3) is 0.400. The minimum atomic E-state index is -3.64. The number of aromatic nitrogens is 2. The highest BCUT2D eigenvalue weighted by Gasteiger charge is 2.23. The van der Waals surface area contributed by atoms with Gasteiger partial charge in [-0.2, -0.15) is 5.10 Å². The number of hydrogen-bond acceptors (Lipinski definition) is 5. The first-order valence-electron chi connectivity index (χ1n) is 7.01. The second-order valence-electron chi connectivity index (χ2n) is 5.14. The third-order valence-corrected chi connectivity index (χ3v) is 5.28. The molecule has 126 valence electrons. The van der Waals surface area contributed by atoms with Crippen LogP contribution in [0, 0.1) is 13.8 Å². The van der Waals surface area contributed by atoms with Crippen LogP contribution in [0.1, 0.15) is 17.0 Å². The molecule has 0 fully saturated rings. The number of rotatable bonds is 6. The fourth-order valence-corrected chi connectivity index (χ4v) is 3.84. The van der Waals surface area contributed by atoms with Crippen LogP contribution >= 0.6 is 0 Å². The van der Waals surface area contributed by atoms with Gasteiger partial charge in [0.15, 0.2) is 11.5 Å². The summed E-state index contributed by atoms with van der Waals surface area (Å²) in [5.74, 6) is 1.15. The van der Waals surface area contributed by atoms with Crippen LogP contribution < -0.4 is 14.2 Å². The minimum Gasteiger partial charge on any atom is -0.493 e. The van der Waals surface area contributed by atoms with E-state index in [1.54, 1.807) is 50.9 Å². The predicted molar refractivity (Wildman–Crippen MR) is 86.3 cm³/mol. The Hall–Kier alpha value is -2.06. The number of sulfonamides is 1. The molecule has 23 heavy (non-hydrogen) atoms. The van der Waals surface area contributed by atoms with Crippen molar-refractivity contribution in [1.82, 2.24) is 14.5 Å². The van der Waals surface area contributed by atoms with Gasteiger partial charge < -0.3 is 9.47 Å². The first kappa shape index (κ1) is 17.3. The summed E-state index contributed by atoms with van der Waals surface area (Å²) in [7, 11) is 1.16. The van der Waals surface area contributed by atoms with E-state index in [-0.39, 0.29) is 11.4 Å². The third-order valence-electron chi connectivity index (χ3n) is 3.63. The molecule has 0 spiro atoms. The molecule has 1 heterocycles. The van der Waals surface area contributed by atoms with E-state index < -0.39 is 10.0 Å². The Labute approximate surface area is 136 Å². The van der Waals surface area contributed by atoms with Crippen LogP contribution in [-0.2, 0) is 23.6 Å². The molecule has 2 rings (SSSR count). The molecule has 0 unspecified atom stereocenters. The van der Waals surface area contributed by atoms with Gasteiger partial charge in [0, 0.05) is 13.6 Å². The summed E-state index contributed by atoms with van der Waals surface area (Å²) in [5.41, 5.74) is 1.84. The van der Waals surface area contributed by atoms with Crippen LogP contribution in [0.2, 0.25) is 0 Å². The van der Waals surface area contributed by atoms with E-state index in [0.717, 1.165) is 5.56 Å². The van der Waals surface area contributed by atoms with E-state index in [0.29, 0.717) is 22.9 Å². The SMILES string of the molecule is COc1ccc(CNS(=O)(=O)c2c(C)nn(C)c2C)cc1OC. The second-order valence-corrected chi connectivity index (χ2v) is 6.84. The molecule has 8 heteroatoms. The van der Waals surface area contributed by atoms with E-state index in [1.807, 2.05) is 0 Å². The Morgan fingerprint density at radius 2 is 1.83 bits per heavy atom. The number of methoxy groups -OCH3 is 2. The van der Waals surface area contributed by atoms with E-state index in [4.69, 9.17) is 9.47 Å². The average Bonchev–Trinajstić information content (AvgIpc) is 2.78. The molecule has 0 amide bonds. The molecular weight excluding hydrogens is 318 g/mol. The van der Waals surface area contributed by atoms with Crippen molar-refractivity contribution in [3.8, 4) is 11.5 Å². The maximum atomic E-state index is 12.5. The van der Waals surface area contributed by atoms with Crippen molar-refractivity contribution in [2.24, 2.45) is 7.05 Å².